The maximum atomic E-state index is 12.0. The second-order valence-electron chi connectivity index (χ2n) is 3.68. The summed E-state index contributed by atoms with van der Waals surface area (Å²) in [6, 6.07) is 7.29. The highest BCUT2D eigenvalue weighted by Gasteiger charge is 2.28. The molecule has 3 rings (SSSR count). The van der Waals surface area contributed by atoms with E-state index < -0.39 is 0 Å². The summed E-state index contributed by atoms with van der Waals surface area (Å²) < 4.78 is 0. The Kier molecular flexibility index (Phi) is 2.64. The molecule has 17 heavy (non-hydrogen) atoms. The van der Waals surface area contributed by atoms with E-state index in [9.17, 15) is 4.79 Å². The third-order valence-electron chi connectivity index (χ3n) is 2.56. The molecule has 1 aromatic carbocycles. The van der Waals surface area contributed by atoms with Crippen molar-refractivity contribution < 1.29 is 4.79 Å². The van der Waals surface area contributed by atoms with Crippen molar-refractivity contribution in [3.8, 4) is 0 Å². The standard InChI is InChI=1S/C11H8ClN3OS/c12-11-13-5-7-10(15-11)17-8-4-2-1-3-6(8)9(16)14-7/h1-4,7H,5H2,(H,14,16). The second kappa shape index (κ2) is 4.16. The zero-order valence-corrected chi connectivity index (χ0v) is 10.3. The molecule has 86 valence electrons. The lowest BCUT2D eigenvalue weighted by molar-refractivity contribution is 0.0946. The highest BCUT2D eigenvalue weighted by Crippen LogP contribution is 2.29. The molecular formula is C11H8ClN3OS. The first-order valence-electron chi connectivity index (χ1n) is 5.10. The monoisotopic (exact) mass is 265 g/mol. The Morgan fingerprint density at radius 1 is 1.41 bits per heavy atom. The first-order valence-corrected chi connectivity index (χ1v) is 6.30. The van der Waals surface area contributed by atoms with Gasteiger partial charge in [0.1, 0.15) is 5.04 Å². The number of hydrogen-bond acceptors (Lipinski definition) is 4. The fourth-order valence-electron chi connectivity index (χ4n) is 1.74. The lowest BCUT2D eigenvalue weighted by Gasteiger charge is -2.17. The lowest BCUT2D eigenvalue weighted by atomic mass is 10.2. The van der Waals surface area contributed by atoms with Crippen molar-refractivity contribution in [2.75, 3.05) is 6.54 Å². The van der Waals surface area contributed by atoms with E-state index in [-0.39, 0.29) is 17.2 Å². The number of thioether (sulfide) groups is 1. The van der Waals surface area contributed by atoms with Crippen LogP contribution in [0.1, 0.15) is 10.4 Å². The van der Waals surface area contributed by atoms with E-state index in [1.54, 1.807) is 6.07 Å². The quantitative estimate of drug-likeness (QED) is 0.729. The summed E-state index contributed by atoms with van der Waals surface area (Å²) in [6.45, 7) is 0.449. The van der Waals surface area contributed by atoms with E-state index in [0.717, 1.165) is 9.94 Å². The maximum absolute atomic E-state index is 12.0. The molecule has 0 radical (unpaired) electrons. The zero-order valence-electron chi connectivity index (χ0n) is 8.68. The SMILES string of the molecule is O=C1NC2CN=C(Cl)N=C2Sc2ccccc21. The van der Waals surface area contributed by atoms with Gasteiger partial charge in [0, 0.05) is 4.90 Å². The van der Waals surface area contributed by atoms with E-state index in [2.05, 4.69) is 15.3 Å². The minimum atomic E-state index is -0.164. The molecule has 0 saturated carbocycles. The smallest absolute Gasteiger partial charge is 0.253 e. The summed E-state index contributed by atoms with van der Waals surface area (Å²) in [5.74, 6) is -0.0866. The Bertz CT molecular complexity index is 555. The lowest BCUT2D eigenvalue weighted by Crippen LogP contribution is -2.42. The molecule has 1 unspecified atom stereocenters. The number of carbonyl (C=O) groups excluding carboxylic acids is 1. The van der Waals surface area contributed by atoms with Crippen LogP contribution in [0.25, 0.3) is 0 Å². The number of fused-ring (bicyclic) bond motifs is 2. The minimum Gasteiger partial charge on any atom is -0.341 e. The molecule has 1 amide bonds. The number of benzene rings is 1. The molecule has 6 heteroatoms. The van der Waals surface area contributed by atoms with Crippen molar-refractivity contribution in [3.63, 3.8) is 0 Å². The summed E-state index contributed by atoms with van der Waals surface area (Å²) in [6.07, 6.45) is 0. The van der Waals surface area contributed by atoms with Crippen LogP contribution in [0.4, 0.5) is 0 Å². The summed E-state index contributed by atoms with van der Waals surface area (Å²) in [5.41, 5.74) is 0.672. The topological polar surface area (TPSA) is 53.8 Å². The Hall–Kier alpha value is -1.33. The number of amidine groups is 1. The van der Waals surface area contributed by atoms with Crippen LogP contribution < -0.4 is 5.32 Å². The summed E-state index contributed by atoms with van der Waals surface area (Å²) in [4.78, 5) is 21.1. The van der Waals surface area contributed by atoms with Gasteiger partial charge in [0.05, 0.1) is 18.2 Å². The van der Waals surface area contributed by atoms with Gasteiger partial charge in [-0.25, -0.2) is 4.99 Å². The second-order valence-corrected chi connectivity index (χ2v) is 5.08. The highest BCUT2D eigenvalue weighted by atomic mass is 35.5. The van der Waals surface area contributed by atoms with Crippen LogP contribution in [-0.4, -0.2) is 28.8 Å². The van der Waals surface area contributed by atoms with Gasteiger partial charge in [-0.05, 0) is 23.7 Å². The number of carbonyl (C=O) groups is 1. The van der Waals surface area contributed by atoms with Gasteiger partial charge in [-0.2, -0.15) is 0 Å². The van der Waals surface area contributed by atoms with Gasteiger partial charge in [-0.1, -0.05) is 23.9 Å². The van der Waals surface area contributed by atoms with Crippen molar-refractivity contribution in [2.45, 2.75) is 10.9 Å². The Morgan fingerprint density at radius 3 is 3.12 bits per heavy atom. The summed E-state index contributed by atoms with van der Waals surface area (Å²) in [7, 11) is 0. The van der Waals surface area contributed by atoms with Crippen LogP contribution in [0.2, 0.25) is 0 Å². The summed E-state index contributed by atoms with van der Waals surface area (Å²) >= 11 is 7.26. The molecule has 0 bridgehead atoms. The average Bonchev–Trinajstić information content (AvgIpc) is 2.46. The zero-order chi connectivity index (χ0) is 11.8. The van der Waals surface area contributed by atoms with Gasteiger partial charge in [-0.3, -0.25) is 9.79 Å². The molecule has 2 aliphatic rings. The van der Waals surface area contributed by atoms with Crippen molar-refractivity contribution in [1.82, 2.24) is 5.32 Å². The number of nitrogens with one attached hydrogen (secondary N) is 1. The average molecular weight is 266 g/mol. The fraction of sp³-hybridized carbons (Fsp3) is 0.182. The first-order chi connectivity index (χ1) is 8.24. The molecule has 1 aromatic rings. The van der Waals surface area contributed by atoms with Crippen molar-refractivity contribution in [1.29, 1.82) is 0 Å². The number of nitrogens with zero attached hydrogens (tertiary/aromatic N) is 2. The molecule has 0 saturated heterocycles. The van der Waals surface area contributed by atoms with Crippen LogP contribution in [0.5, 0.6) is 0 Å². The highest BCUT2D eigenvalue weighted by molar-refractivity contribution is 8.14. The number of halogens is 1. The minimum absolute atomic E-state index is 0.0866. The normalized spacial score (nSPS) is 22.6. The van der Waals surface area contributed by atoms with Gasteiger partial charge < -0.3 is 5.32 Å². The summed E-state index contributed by atoms with van der Waals surface area (Å²) in [5, 5.41) is 3.94. The number of amides is 1. The van der Waals surface area contributed by atoms with Crippen molar-refractivity contribution in [3.05, 3.63) is 29.8 Å². The van der Waals surface area contributed by atoms with Crippen LogP contribution in [0.15, 0.2) is 39.1 Å². The Labute approximate surface area is 107 Å². The first kappa shape index (κ1) is 10.8. The molecule has 2 aliphatic heterocycles. The molecular weight excluding hydrogens is 258 g/mol. The maximum Gasteiger partial charge on any atom is 0.253 e. The van der Waals surface area contributed by atoms with E-state index in [4.69, 9.17) is 11.6 Å². The Balaban J connectivity index is 2.06. The van der Waals surface area contributed by atoms with Crippen LogP contribution in [0.3, 0.4) is 0 Å². The molecule has 0 spiro atoms. The molecule has 2 heterocycles. The fourth-order valence-corrected chi connectivity index (χ4v) is 3.00. The van der Waals surface area contributed by atoms with E-state index in [1.165, 1.54) is 11.8 Å². The van der Waals surface area contributed by atoms with Gasteiger partial charge in [0.2, 0.25) is 5.29 Å². The number of rotatable bonds is 0. The third kappa shape index (κ3) is 1.96. The molecule has 1 atom stereocenters. The number of aliphatic imine (C=N–C) groups is 2. The predicted octanol–water partition coefficient (Wildman–Crippen LogP) is 1.90. The molecule has 1 N–H and O–H groups in total. The van der Waals surface area contributed by atoms with Gasteiger partial charge in [0.15, 0.2) is 0 Å². The van der Waals surface area contributed by atoms with Gasteiger partial charge >= 0.3 is 0 Å². The van der Waals surface area contributed by atoms with E-state index in [0.29, 0.717) is 12.1 Å². The van der Waals surface area contributed by atoms with Crippen LogP contribution >= 0.6 is 23.4 Å². The third-order valence-corrected chi connectivity index (χ3v) is 3.92. The molecule has 4 nitrogen and oxygen atoms in total. The Morgan fingerprint density at radius 2 is 2.24 bits per heavy atom. The van der Waals surface area contributed by atoms with Crippen LogP contribution in [0, 0.1) is 0 Å². The van der Waals surface area contributed by atoms with E-state index in [1.807, 2.05) is 18.2 Å². The van der Waals surface area contributed by atoms with E-state index >= 15 is 0 Å². The predicted molar refractivity (Wildman–Crippen MR) is 69.1 cm³/mol. The molecule has 0 aromatic heterocycles. The van der Waals surface area contributed by atoms with Crippen molar-refractivity contribution in [2.24, 2.45) is 9.98 Å². The molecule has 0 fully saturated rings. The van der Waals surface area contributed by atoms with Crippen LogP contribution in [-0.2, 0) is 0 Å². The van der Waals surface area contributed by atoms with Crippen molar-refractivity contribution >= 4 is 39.6 Å². The van der Waals surface area contributed by atoms with Gasteiger partial charge in [-0.15, -0.1) is 0 Å². The largest absolute Gasteiger partial charge is 0.341 e. The van der Waals surface area contributed by atoms with Gasteiger partial charge in [0.25, 0.3) is 5.91 Å². The molecule has 0 aliphatic carbocycles. The number of hydrogen-bond donors (Lipinski definition) is 1.